The molecule has 0 unspecified atom stereocenters. The number of sulfone groups is 1. The lowest BCUT2D eigenvalue weighted by molar-refractivity contribution is 0.101. The summed E-state index contributed by atoms with van der Waals surface area (Å²) in [6, 6.07) is 5.59. The number of sulfonamides is 1. The fraction of sp³-hybridized carbons (Fsp3) is 0.462. The van der Waals surface area contributed by atoms with Crippen molar-refractivity contribution in [2.45, 2.75) is 30.4 Å². The third kappa shape index (κ3) is 4.36. The standard InChI is InChI=1S/C13H19NO5S2/c1-10(15)11-6-5-7-12(8-11)21(18,19)14-9-13(2,3)20(4,16)17/h5-8,14H,9H2,1-4H3. The molecule has 0 aliphatic rings. The van der Waals surface area contributed by atoms with Crippen LogP contribution in [0.3, 0.4) is 0 Å². The van der Waals surface area contributed by atoms with Crippen LogP contribution in [-0.4, -0.2) is 40.2 Å². The summed E-state index contributed by atoms with van der Waals surface area (Å²) >= 11 is 0. The summed E-state index contributed by atoms with van der Waals surface area (Å²) in [5.41, 5.74) is 0.278. The molecule has 0 spiro atoms. The van der Waals surface area contributed by atoms with E-state index in [1.165, 1.54) is 45.0 Å². The van der Waals surface area contributed by atoms with Crippen LogP contribution < -0.4 is 4.72 Å². The first kappa shape index (κ1) is 17.8. The number of hydrogen-bond donors (Lipinski definition) is 1. The van der Waals surface area contributed by atoms with Gasteiger partial charge in [0.1, 0.15) is 0 Å². The molecule has 0 aromatic heterocycles. The zero-order valence-electron chi connectivity index (χ0n) is 12.4. The highest BCUT2D eigenvalue weighted by molar-refractivity contribution is 7.92. The third-order valence-electron chi connectivity index (χ3n) is 3.24. The normalized spacial score (nSPS) is 13.1. The van der Waals surface area contributed by atoms with Crippen molar-refractivity contribution in [1.82, 2.24) is 4.72 Å². The number of rotatable bonds is 6. The lowest BCUT2D eigenvalue weighted by atomic mass is 10.2. The van der Waals surface area contributed by atoms with E-state index in [0.29, 0.717) is 0 Å². The molecule has 0 amide bonds. The molecule has 0 aliphatic heterocycles. The minimum atomic E-state index is -3.88. The molecule has 0 atom stereocenters. The Labute approximate surface area is 125 Å². The van der Waals surface area contributed by atoms with Gasteiger partial charge in [0.2, 0.25) is 10.0 Å². The van der Waals surface area contributed by atoms with E-state index in [2.05, 4.69) is 4.72 Å². The molecule has 118 valence electrons. The lowest BCUT2D eigenvalue weighted by Gasteiger charge is -2.22. The van der Waals surface area contributed by atoms with Gasteiger partial charge in [0, 0.05) is 18.4 Å². The van der Waals surface area contributed by atoms with Gasteiger partial charge in [-0.1, -0.05) is 12.1 Å². The molecule has 1 aromatic rings. The zero-order valence-corrected chi connectivity index (χ0v) is 14.0. The Kier molecular flexibility index (Phi) is 4.97. The summed E-state index contributed by atoms with van der Waals surface area (Å²) in [5.74, 6) is -0.247. The molecule has 6 nitrogen and oxygen atoms in total. The zero-order chi connectivity index (χ0) is 16.5. The maximum absolute atomic E-state index is 12.2. The van der Waals surface area contributed by atoms with Gasteiger partial charge >= 0.3 is 0 Å². The first-order valence-electron chi connectivity index (χ1n) is 6.17. The van der Waals surface area contributed by atoms with Gasteiger partial charge in [-0.2, -0.15) is 0 Å². The summed E-state index contributed by atoms with van der Waals surface area (Å²) in [4.78, 5) is 11.2. The first-order chi connectivity index (χ1) is 9.37. The number of ketones is 1. The van der Waals surface area contributed by atoms with Crippen molar-refractivity contribution in [3.63, 3.8) is 0 Å². The van der Waals surface area contributed by atoms with Crippen molar-refractivity contribution >= 4 is 25.6 Å². The fourth-order valence-corrected chi connectivity index (χ4v) is 3.05. The van der Waals surface area contributed by atoms with Crippen molar-refractivity contribution in [1.29, 1.82) is 0 Å². The summed E-state index contributed by atoms with van der Waals surface area (Å²) < 4.78 is 48.5. The summed E-state index contributed by atoms with van der Waals surface area (Å²) in [7, 11) is -7.29. The van der Waals surface area contributed by atoms with Crippen molar-refractivity contribution in [2.75, 3.05) is 12.8 Å². The Hall–Kier alpha value is -1.25. The average Bonchev–Trinajstić information content (AvgIpc) is 2.35. The lowest BCUT2D eigenvalue weighted by Crippen LogP contribution is -2.43. The van der Waals surface area contributed by atoms with E-state index in [9.17, 15) is 21.6 Å². The van der Waals surface area contributed by atoms with E-state index >= 15 is 0 Å². The fourth-order valence-electron chi connectivity index (χ4n) is 1.37. The molecule has 1 rings (SSSR count). The Morgan fingerprint density at radius 3 is 2.24 bits per heavy atom. The third-order valence-corrected chi connectivity index (χ3v) is 6.79. The quantitative estimate of drug-likeness (QED) is 0.783. The van der Waals surface area contributed by atoms with Crippen LogP contribution in [0.1, 0.15) is 31.1 Å². The predicted octanol–water partition coefficient (Wildman–Crippen LogP) is 0.991. The number of benzene rings is 1. The summed E-state index contributed by atoms with van der Waals surface area (Å²) in [6.07, 6.45) is 1.05. The van der Waals surface area contributed by atoms with E-state index < -0.39 is 24.6 Å². The Morgan fingerprint density at radius 2 is 1.76 bits per heavy atom. The highest BCUT2D eigenvalue weighted by atomic mass is 32.2. The largest absolute Gasteiger partial charge is 0.295 e. The van der Waals surface area contributed by atoms with Gasteiger partial charge in [-0.3, -0.25) is 4.79 Å². The molecule has 0 saturated carbocycles. The number of carbonyl (C=O) groups is 1. The predicted molar refractivity (Wildman–Crippen MR) is 80.6 cm³/mol. The molecular weight excluding hydrogens is 314 g/mol. The van der Waals surface area contributed by atoms with E-state index in [-0.39, 0.29) is 22.8 Å². The molecule has 0 radical (unpaired) electrons. The van der Waals surface area contributed by atoms with E-state index in [0.717, 1.165) is 6.26 Å². The van der Waals surface area contributed by atoms with Gasteiger partial charge in [0.15, 0.2) is 15.6 Å². The molecule has 0 aliphatic carbocycles. The summed E-state index contributed by atoms with van der Waals surface area (Å²) in [6.45, 7) is 3.97. The minimum Gasteiger partial charge on any atom is -0.295 e. The minimum absolute atomic E-state index is 0.0699. The van der Waals surface area contributed by atoms with Crippen LogP contribution in [0.5, 0.6) is 0 Å². The highest BCUT2D eigenvalue weighted by Gasteiger charge is 2.32. The van der Waals surface area contributed by atoms with Gasteiger partial charge in [-0.05, 0) is 32.9 Å². The van der Waals surface area contributed by atoms with Crippen molar-refractivity contribution in [2.24, 2.45) is 0 Å². The van der Waals surface area contributed by atoms with Gasteiger partial charge in [0.25, 0.3) is 0 Å². The Morgan fingerprint density at radius 1 is 1.19 bits per heavy atom. The maximum atomic E-state index is 12.2. The molecule has 0 bridgehead atoms. The monoisotopic (exact) mass is 333 g/mol. The van der Waals surface area contributed by atoms with Gasteiger partial charge in [-0.25, -0.2) is 21.6 Å². The molecular formula is C13H19NO5S2. The van der Waals surface area contributed by atoms with Gasteiger partial charge in [0.05, 0.1) is 9.64 Å². The van der Waals surface area contributed by atoms with E-state index in [4.69, 9.17) is 0 Å². The molecule has 1 N–H and O–H groups in total. The van der Waals surface area contributed by atoms with Crippen LogP contribution in [0.15, 0.2) is 29.2 Å². The average molecular weight is 333 g/mol. The van der Waals surface area contributed by atoms with Crippen molar-refractivity contribution < 1.29 is 21.6 Å². The van der Waals surface area contributed by atoms with Gasteiger partial charge < -0.3 is 0 Å². The highest BCUT2D eigenvalue weighted by Crippen LogP contribution is 2.16. The summed E-state index contributed by atoms with van der Waals surface area (Å²) in [5, 5.41) is 0. The number of Topliss-reactive ketones (excluding diaryl/α,β-unsaturated/α-hetero) is 1. The first-order valence-corrected chi connectivity index (χ1v) is 9.54. The van der Waals surface area contributed by atoms with Crippen LogP contribution >= 0.6 is 0 Å². The van der Waals surface area contributed by atoms with Crippen LogP contribution in [0.25, 0.3) is 0 Å². The van der Waals surface area contributed by atoms with Crippen LogP contribution in [0.2, 0.25) is 0 Å². The van der Waals surface area contributed by atoms with Crippen molar-refractivity contribution in [3.8, 4) is 0 Å². The van der Waals surface area contributed by atoms with Crippen molar-refractivity contribution in [3.05, 3.63) is 29.8 Å². The van der Waals surface area contributed by atoms with E-state index in [1.54, 1.807) is 0 Å². The Bertz CT molecular complexity index is 749. The smallest absolute Gasteiger partial charge is 0.240 e. The van der Waals surface area contributed by atoms with Crippen LogP contribution in [0.4, 0.5) is 0 Å². The maximum Gasteiger partial charge on any atom is 0.240 e. The number of hydrogen-bond acceptors (Lipinski definition) is 5. The Balaban J connectivity index is 3.03. The SMILES string of the molecule is CC(=O)c1cccc(S(=O)(=O)NCC(C)(C)S(C)(=O)=O)c1. The second-order valence-corrected chi connectivity index (χ2v) is 9.86. The second kappa shape index (κ2) is 5.86. The number of nitrogens with one attached hydrogen (secondary N) is 1. The van der Waals surface area contributed by atoms with Gasteiger partial charge in [-0.15, -0.1) is 0 Å². The molecule has 0 fully saturated rings. The molecule has 21 heavy (non-hydrogen) atoms. The molecule has 0 saturated heterocycles. The second-order valence-electron chi connectivity index (χ2n) is 5.44. The topological polar surface area (TPSA) is 97.4 Å². The molecule has 1 aromatic carbocycles. The molecule has 8 heteroatoms. The molecule has 0 heterocycles. The van der Waals surface area contributed by atoms with E-state index in [1.807, 2.05) is 0 Å². The van der Waals surface area contributed by atoms with Crippen LogP contribution in [-0.2, 0) is 19.9 Å². The van der Waals surface area contributed by atoms with Crippen LogP contribution in [0, 0.1) is 0 Å². The number of carbonyl (C=O) groups excluding carboxylic acids is 1.